The predicted octanol–water partition coefficient (Wildman–Crippen LogP) is 0.924. The summed E-state index contributed by atoms with van der Waals surface area (Å²) in [6, 6.07) is 2.36. The monoisotopic (exact) mass is 267 g/mol. The Labute approximate surface area is 117 Å². The molecule has 0 aromatic rings. The molecule has 4 heteroatoms. The first-order chi connectivity index (χ1) is 9.36. The van der Waals surface area contributed by atoms with Crippen LogP contribution in [0.15, 0.2) is 0 Å². The number of hydrogen-bond donors (Lipinski definition) is 1. The van der Waals surface area contributed by atoms with E-state index < -0.39 is 0 Å². The lowest BCUT2D eigenvalue weighted by Gasteiger charge is -2.33. The molecule has 2 saturated heterocycles. The molecule has 2 atom stereocenters. The molecule has 2 unspecified atom stereocenters. The first kappa shape index (κ1) is 13.8. The van der Waals surface area contributed by atoms with E-state index in [1.807, 2.05) is 0 Å². The molecule has 3 rings (SSSR count). The van der Waals surface area contributed by atoms with Crippen molar-refractivity contribution in [2.45, 2.75) is 50.7 Å². The smallest absolute Gasteiger partial charge is 0.0594 e. The minimum atomic E-state index is 0.742. The van der Waals surface area contributed by atoms with Crippen LogP contribution in [0.1, 0.15) is 32.6 Å². The maximum atomic E-state index is 5.46. The van der Waals surface area contributed by atoms with E-state index in [0.717, 1.165) is 44.4 Å². The van der Waals surface area contributed by atoms with Crippen LogP contribution in [-0.4, -0.2) is 73.9 Å². The van der Waals surface area contributed by atoms with Crippen molar-refractivity contribution in [3.63, 3.8) is 0 Å². The van der Waals surface area contributed by atoms with Crippen LogP contribution in [0.25, 0.3) is 0 Å². The largest absolute Gasteiger partial charge is 0.379 e. The Morgan fingerprint density at radius 1 is 1.16 bits per heavy atom. The molecule has 0 aromatic carbocycles. The third-order valence-corrected chi connectivity index (χ3v) is 4.96. The van der Waals surface area contributed by atoms with Crippen LogP contribution >= 0.6 is 0 Å². The average molecular weight is 267 g/mol. The minimum Gasteiger partial charge on any atom is -0.379 e. The van der Waals surface area contributed by atoms with Gasteiger partial charge in [-0.3, -0.25) is 9.80 Å². The standard InChI is InChI=1S/C15H29N3O/c1-2-14(11-16-13-3-4-13)18-6-5-15(12-18)17-7-9-19-10-8-17/h13-16H,2-12H2,1H3. The van der Waals surface area contributed by atoms with Gasteiger partial charge in [0.25, 0.3) is 0 Å². The Kier molecular flexibility index (Phi) is 4.74. The maximum absolute atomic E-state index is 5.46. The molecule has 0 aromatic heterocycles. The Bertz CT molecular complexity index is 277. The van der Waals surface area contributed by atoms with Gasteiger partial charge in [0.15, 0.2) is 0 Å². The highest BCUT2D eigenvalue weighted by Gasteiger charge is 2.32. The van der Waals surface area contributed by atoms with E-state index in [1.165, 1.54) is 45.3 Å². The van der Waals surface area contributed by atoms with Crippen molar-refractivity contribution in [3.8, 4) is 0 Å². The molecule has 2 aliphatic heterocycles. The van der Waals surface area contributed by atoms with Crippen molar-refractivity contribution in [3.05, 3.63) is 0 Å². The second-order valence-corrected chi connectivity index (χ2v) is 6.33. The first-order valence-corrected chi connectivity index (χ1v) is 8.16. The maximum Gasteiger partial charge on any atom is 0.0594 e. The molecule has 110 valence electrons. The lowest BCUT2D eigenvalue weighted by atomic mass is 10.2. The molecular formula is C15H29N3O. The van der Waals surface area contributed by atoms with Crippen LogP contribution in [-0.2, 0) is 4.74 Å². The van der Waals surface area contributed by atoms with Crippen molar-refractivity contribution in [2.75, 3.05) is 45.9 Å². The summed E-state index contributed by atoms with van der Waals surface area (Å²) in [5.41, 5.74) is 0. The molecule has 0 radical (unpaired) electrons. The second-order valence-electron chi connectivity index (χ2n) is 6.33. The molecular weight excluding hydrogens is 238 g/mol. The lowest BCUT2D eigenvalue weighted by Crippen LogP contribution is -2.47. The number of morpholine rings is 1. The molecule has 1 N–H and O–H groups in total. The zero-order chi connectivity index (χ0) is 13.1. The average Bonchev–Trinajstić information content (AvgIpc) is 3.16. The summed E-state index contributed by atoms with van der Waals surface area (Å²) in [6.07, 6.45) is 5.41. The molecule has 4 nitrogen and oxygen atoms in total. The topological polar surface area (TPSA) is 27.7 Å². The van der Waals surface area contributed by atoms with Gasteiger partial charge >= 0.3 is 0 Å². The molecule has 0 spiro atoms. The van der Waals surface area contributed by atoms with E-state index in [4.69, 9.17) is 4.74 Å². The summed E-state index contributed by atoms with van der Waals surface area (Å²) >= 11 is 0. The van der Waals surface area contributed by atoms with Gasteiger partial charge in [-0.25, -0.2) is 0 Å². The zero-order valence-corrected chi connectivity index (χ0v) is 12.3. The number of rotatable bonds is 6. The number of nitrogens with one attached hydrogen (secondary N) is 1. The van der Waals surface area contributed by atoms with Crippen LogP contribution in [0, 0.1) is 0 Å². The Morgan fingerprint density at radius 3 is 2.63 bits per heavy atom. The first-order valence-electron chi connectivity index (χ1n) is 8.16. The highest BCUT2D eigenvalue weighted by Crippen LogP contribution is 2.22. The van der Waals surface area contributed by atoms with Crippen LogP contribution in [0.2, 0.25) is 0 Å². The van der Waals surface area contributed by atoms with Gasteiger partial charge in [0.2, 0.25) is 0 Å². The van der Waals surface area contributed by atoms with Gasteiger partial charge < -0.3 is 10.1 Å². The van der Waals surface area contributed by atoms with Gasteiger partial charge in [-0.15, -0.1) is 0 Å². The van der Waals surface area contributed by atoms with Gasteiger partial charge in [0.1, 0.15) is 0 Å². The van der Waals surface area contributed by atoms with Crippen molar-refractivity contribution in [1.82, 2.24) is 15.1 Å². The normalized spacial score (nSPS) is 31.7. The molecule has 3 aliphatic rings. The van der Waals surface area contributed by atoms with Crippen molar-refractivity contribution in [1.29, 1.82) is 0 Å². The zero-order valence-electron chi connectivity index (χ0n) is 12.3. The number of likely N-dealkylation sites (tertiary alicyclic amines) is 1. The summed E-state index contributed by atoms with van der Waals surface area (Å²) in [7, 11) is 0. The van der Waals surface area contributed by atoms with Gasteiger partial charge in [-0.2, -0.15) is 0 Å². The van der Waals surface area contributed by atoms with Crippen LogP contribution in [0.3, 0.4) is 0 Å². The Morgan fingerprint density at radius 2 is 1.95 bits per heavy atom. The summed E-state index contributed by atoms with van der Waals surface area (Å²) in [5, 5.41) is 3.70. The van der Waals surface area contributed by atoms with Gasteiger partial charge in [-0.1, -0.05) is 6.92 Å². The van der Waals surface area contributed by atoms with Gasteiger partial charge in [0.05, 0.1) is 13.2 Å². The number of nitrogens with zero attached hydrogens (tertiary/aromatic N) is 2. The molecule has 19 heavy (non-hydrogen) atoms. The van der Waals surface area contributed by atoms with Crippen molar-refractivity contribution < 1.29 is 4.74 Å². The Balaban J connectivity index is 1.45. The Hall–Kier alpha value is -0.160. The third-order valence-electron chi connectivity index (χ3n) is 4.96. The van der Waals surface area contributed by atoms with E-state index in [1.54, 1.807) is 0 Å². The second kappa shape index (κ2) is 6.53. The fourth-order valence-electron chi connectivity index (χ4n) is 3.46. The SMILES string of the molecule is CCC(CNC1CC1)N1CCC(N2CCOCC2)C1. The van der Waals surface area contributed by atoms with E-state index >= 15 is 0 Å². The highest BCUT2D eigenvalue weighted by atomic mass is 16.5. The molecule has 0 amide bonds. The van der Waals surface area contributed by atoms with Crippen molar-refractivity contribution in [2.24, 2.45) is 0 Å². The van der Waals surface area contributed by atoms with E-state index in [-0.39, 0.29) is 0 Å². The van der Waals surface area contributed by atoms with E-state index in [9.17, 15) is 0 Å². The quantitative estimate of drug-likeness (QED) is 0.775. The predicted molar refractivity (Wildman–Crippen MR) is 77.5 cm³/mol. The van der Waals surface area contributed by atoms with E-state index in [0.29, 0.717) is 0 Å². The highest BCUT2D eigenvalue weighted by molar-refractivity contribution is 4.90. The minimum absolute atomic E-state index is 0.742. The van der Waals surface area contributed by atoms with E-state index in [2.05, 4.69) is 22.0 Å². The molecule has 0 bridgehead atoms. The van der Waals surface area contributed by atoms with Crippen molar-refractivity contribution >= 4 is 0 Å². The summed E-state index contributed by atoms with van der Waals surface area (Å²) < 4.78 is 5.46. The molecule has 3 fully saturated rings. The van der Waals surface area contributed by atoms with Crippen LogP contribution < -0.4 is 5.32 Å². The number of ether oxygens (including phenoxy) is 1. The molecule has 2 heterocycles. The van der Waals surface area contributed by atoms with Gasteiger partial charge in [-0.05, 0) is 25.7 Å². The van der Waals surface area contributed by atoms with Crippen LogP contribution in [0.5, 0.6) is 0 Å². The fraction of sp³-hybridized carbons (Fsp3) is 1.00. The summed E-state index contributed by atoms with van der Waals surface area (Å²) in [5.74, 6) is 0. The summed E-state index contributed by atoms with van der Waals surface area (Å²) in [4.78, 5) is 5.36. The van der Waals surface area contributed by atoms with Gasteiger partial charge in [0, 0.05) is 50.8 Å². The number of hydrogen-bond acceptors (Lipinski definition) is 4. The van der Waals surface area contributed by atoms with Crippen LogP contribution in [0.4, 0.5) is 0 Å². The molecule has 1 aliphatic carbocycles. The molecule has 1 saturated carbocycles. The third kappa shape index (κ3) is 3.69. The fourth-order valence-corrected chi connectivity index (χ4v) is 3.46. The lowest BCUT2D eigenvalue weighted by molar-refractivity contribution is 0.0175. The summed E-state index contributed by atoms with van der Waals surface area (Å²) in [6.45, 7) is 10.2.